The minimum absolute atomic E-state index is 0.0476. The Bertz CT molecular complexity index is 2560. The van der Waals surface area contributed by atoms with E-state index in [0.29, 0.717) is 0 Å². The van der Waals surface area contributed by atoms with Gasteiger partial charge < -0.3 is 5.32 Å². The van der Waals surface area contributed by atoms with Crippen molar-refractivity contribution in [1.29, 1.82) is 0 Å². The van der Waals surface area contributed by atoms with Crippen LogP contribution in [0, 0.1) is 0 Å². The monoisotopic (exact) mass is 643 g/mol. The van der Waals surface area contributed by atoms with Crippen molar-refractivity contribution < 1.29 is 0 Å². The number of aliphatic imine (C=N–C) groups is 1. The van der Waals surface area contributed by atoms with Crippen molar-refractivity contribution in [2.45, 2.75) is 32.2 Å². The first-order valence-electron chi connectivity index (χ1n) is 17.4. The van der Waals surface area contributed by atoms with E-state index in [1.54, 1.807) is 0 Å². The van der Waals surface area contributed by atoms with E-state index in [9.17, 15) is 0 Å². The predicted molar refractivity (Wildman–Crippen MR) is 212 cm³/mol. The van der Waals surface area contributed by atoms with Crippen LogP contribution >= 0.6 is 0 Å². The second-order valence-electron chi connectivity index (χ2n) is 14.3. The third-order valence-corrected chi connectivity index (χ3v) is 10.1. The number of nitrogens with zero attached hydrogens (tertiary/aromatic N) is 2. The second kappa shape index (κ2) is 11.8. The van der Waals surface area contributed by atoms with Gasteiger partial charge in [0, 0.05) is 18.6 Å². The number of nitrogens with one attached hydrogen (secondary N) is 1. The van der Waals surface area contributed by atoms with E-state index in [-0.39, 0.29) is 11.5 Å². The minimum Gasteiger partial charge on any atom is -0.377 e. The lowest BCUT2D eigenvalue weighted by molar-refractivity contribution is 0.591. The average Bonchev–Trinajstić information content (AvgIpc) is 3.17. The largest absolute Gasteiger partial charge is 0.377 e. The van der Waals surface area contributed by atoms with Crippen molar-refractivity contribution in [3.05, 3.63) is 169 Å². The zero-order chi connectivity index (χ0) is 33.8. The van der Waals surface area contributed by atoms with Crippen molar-refractivity contribution in [3.63, 3.8) is 0 Å². The summed E-state index contributed by atoms with van der Waals surface area (Å²) in [6.45, 7) is 6.88. The van der Waals surface area contributed by atoms with Gasteiger partial charge in [-0.25, -0.2) is 0 Å². The zero-order valence-corrected chi connectivity index (χ0v) is 28.5. The lowest BCUT2D eigenvalue weighted by atomic mass is 9.80. The molecule has 3 heteroatoms. The van der Waals surface area contributed by atoms with Crippen molar-refractivity contribution in [3.8, 4) is 33.4 Å². The Morgan fingerprint density at radius 3 is 1.92 bits per heavy atom. The molecule has 1 aliphatic heterocycles. The van der Waals surface area contributed by atoms with Gasteiger partial charge in [-0.15, -0.1) is 0 Å². The van der Waals surface area contributed by atoms with E-state index in [1.807, 2.05) is 36.8 Å². The van der Waals surface area contributed by atoms with Crippen LogP contribution in [-0.2, 0) is 5.41 Å². The number of rotatable bonds is 5. The summed E-state index contributed by atoms with van der Waals surface area (Å²) < 4.78 is 0. The highest BCUT2D eigenvalue weighted by Crippen LogP contribution is 2.46. The number of aromatic nitrogens is 1. The molecule has 7 aromatic carbocycles. The first kappa shape index (κ1) is 30.0. The van der Waals surface area contributed by atoms with E-state index in [0.717, 1.165) is 11.4 Å². The van der Waals surface area contributed by atoms with E-state index in [4.69, 9.17) is 4.99 Å². The summed E-state index contributed by atoms with van der Waals surface area (Å²) in [6.07, 6.45) is 5.85. The quantitative estimate of drug-likeness (QED) is 0.190. The van der Waals surface area contributed by atoms with Crippen LogP contribution in [0.2, 0.25) is 0 Å². The highest BCUT2D eigenvalue weighted by molar-refractivity contribution is 6.27. The summed E-state index contributed by atoms with van der Waals surface area (Å²) >= 11 is 0. The molecule has 0 radical (unpaired) electrons. The van der Waals surface area contributed by atoms with Gasteiger partial charge in [-0.2, -0.15) is 0 Å². The molecule has 1 aromatic heterocycles. The molecule has 50 heavy (non-hydrogen) atoms. The SMILES string of the molecule is CC(C)(C)c1cc2ccc3c(-c4ccc(-c5ccccc5)cc4-c4ccccc4)cc(C4C=NC(c5ccccn5)=CN4)c4ccc(c1)c2c34. The Labute approximate surface area is 293 Å². The second-order valence-corrected chi connectivity index (χ2v) is 14.3. The van der Waals surface area contributed by atoms with Gasteiger partial charge in [-0.1, -0.05) is 136 Å². The molecule has 240 valence electrons. The number of pyridine rings is 1. The molecule has 1 aliphatic rings. The summed E-state index contributed by atoms with van der Waals surface area (Å²) in [4.78, 5) is 9.46. The van der Waals surface area contributed by atoms with Crippen molar-refractivity contribution in [1.82, 2.24) is 10.3 Å². The van der Waals surface area contributed by atoms with Gasteiger partial charge in [0.2, 0.25) is 0 Å². The fraction of sp³-hybridized carbons (Fsp3) is 0.106. The normalized spacial score (nSPS) is 14.7. The third kappa shape index (κ3) is 5.14. The Hall–Kier alpha value is -6.06. The number of benzene rings is 7. The maximum atomic E-state index is 4.93. The van der Waals surface area contributed by atoms with Gasteiger partial charge in [0.05, 0.1) is 11.7 Å². The lowest BCUT2D eigenvalue weighted by Gasteiger charge is -2.25. The van der Waals surface area contributed by atoms with Crippen LogP contribution in [0.5, 0.6) is 0 Å². The van der Waals surface area contributed by atoms with Crippen molar-refractivity contribution in [2.75, 3.05) is 0 Å². The fourth-order valence-electron chi connectivity index (χ4n) is 7.53. The first-order chi connectivity index (χ1) is 24.4. The average molecular weight is 644 g/mol. The Balaban J connectivity index is 1.31. The van der Waals surface area contributed by atoms with Crippen LogP contribution in [0.4, 0.5) is 0 Å². The molecule has 0 amide bonds. The van der Waals surface area contributed by atoms with Crippen molar-refractivity contribution >= 4 is 44.2 Å². The van der Waals surface area contributed by atoms with Crippen molar-refractivity contribution in [2.24, 2.45) is 4.99 Å². The molecule has 0 aliphatic carbocycles. The molecule has 0 saturated heterocycles. The van der Waals surface area contributed by atoms with E-state index < -0.39 is 0 Å². The topological polar surface area (TPSA) is 37.3 Å². The number of hydrogen-bond donors (Lipinski definition) is 1. The van der Waals surface area contributed by atoms with E-state index in [2.05, 4.69) is 152 Å². The highest BCUT2D eigenvalue weighted by atomic mass is 15.0. The summed E-state index contributed by atoms with van der Waals surface area (Å²) in [7, 11) is 0. The van der Waals surface area contributed by atoms with Gasteiger partial charge in [-0.05, 0) is 107 Å². The molecule has 0 fully saturated rings. The van der Waals surface area contributed by atoms with Crippen LogP contribution in [0.25, 0.3) is 71.4 Å². The molecule has 0 saturated carbocycles. The molecule has 2 heterocycles. The van der Waals surface area contributed by atoms with Crippen LogP contribution < -0.4 is 5.32 Å². The molecule has 1 atom stereocenters. The third-order valence-electron chi connectivity index (χ3n) is 10.1. The van der Waals surface area contributed by atoms with Crippen LogP contribution in [-0.4, -0.2) is 11.2 Å². The standard InChI is InChI=1S/C47H37N3/c1-47(2,3)35-24-33-18-21-37-40(36-20-17-32(30-12-6-4-7-13-30)26-39(36)31-14-8-5-9-15-31)27-41(38-22-19-34(25-35)45(33)46(37)38)43-28-50-44(29-49-43)42-16-10-11-23-48-42/h4-29,43,49H,1-3H3. The molecule has 8 aromatic rings. The smallest absolute Gasteiger partial charge is 0.104 e. The summed E-state index contributed by atoms with van der Waals surface area (Å²) in [5, 5.41) is 11.4. The lowest BCUT2D eigenvalue weighted by Crippen LogP contribution is -2.21. The molecular formula is C47H37N3. The molecular weight excluding hydrogens is 607 g/mol. The number of hydrogen-bond acceptors (Lipinski definition) is 3. The maximum absolute atomic E-state index is 4.93. The summed E-state index contributed by atoms with van der Waals surface area (Å²) in [5.74, 6) is 0. The maximum Gasteiger partial charge on any atom is 0.104 e. The van der Waals surface area contributed by atoms with Gasteiger partial charge in [0.25, 0.3) is 0 Å². The molecule has 0 bridgehead atoms. The van der Waals surface area contributed by atoms with Gasteiger partial charge >= 0.3 is 0 Å². The van der Waals surface area contributed by atoms with Crippen LogP contribution in [0.1, 0.15) is 43.6 Å². The van der Waals surface area contributed by atoms with E-state index >= 15 is 0 Å². The van der Waals surface area contributed by atoms with Gasteiger partial charge in [0.15, 0.2) is 0 Å². The Morgan fingerprint density at radius 1 is 0.560 bits per heavy atom. The Morgan fingerprint density at radius 2 is 1.26 bits per heavy atom. The van der Waals surface area contributed by atoms with E-state index in [1.165, 1.54) is 76.8 Å². The van der Waals surface area contributed by atoms with Gasteiger partial charge in [0.1, 0.15) is 5.70 Å². The Kier molecular flexibility index (Phi) is 7.10. The molecule has 3 nitrogen and oxygen atoms in total. The summed E-state index contributed by atoms with van der Waals surface area (Å²) in [6, 6.07) is 50.7. The molecule has 1 N–H and O–H groups in total. The zero-order valence-electron chi connectivity index (χ0n) is 28.5. The molecule has 1 unspecified atom stereocenters. The summed E-state index contributed by atoms with van der Waals surface area (Å²) in [5.41, 5.74) is 11.5. The first-order valence-corrected chi connectivity index (χ1v) is 17.4. The predicted octanol–water partition coefficient (Wildman–Crippen LogP) is 12.0. The minimum atomic E-state index is -0.111. The van der Waals surface area contributed by atoms with Gasteiger partial charge in [-0.3, -0.25) is 9.98 Å². The van der Waals surface area contributed by atoms with Crippen LogP contribution in [0.3, 0.4) is 0 Å². The molecule has 9 rings (SSSR count). The fourth-order valence-corrected chi connectivity index (χ4v) is 7.53. The highest BCUT2D eigenvalue weighted by Gasteiger charge is 2.24. The van der Waals surface area contributed by atoms with Crippen LogP contribution in [0.15, 0.2) is 157 Å². The molecule has 0 spiro atoms.